The number of carbonyl (C=O) groups is 2. The van der Waals surface area contributed by atoms with Gasteiger partial charge in [-0.25, -0.2) is 9.97 Å². The van der Waals surface area contributed by atoms with Gasteiger partial charge in [0.25, 0.3) is 0 Å². The second kappa shape index (κ2) is 19.6. The Morgan fingerprint density at radius 3 is 1.08 bits per heavy atom. The normalized spacial score (nSPS) is 17.9. The number of fused-ring (bicyclic) bond motifs is 8. The van der Waals surface area contributed by atoms with E-state index >= 15 is 0 Å². The number of H-pyrrole nitrogens is 2. The first-order valence-electron chi connectivity index (χ1n) is 26.0. The van der Waals surface area contributed by atoms with Crippen LogP contribution in [0.3, 0.4) is 0 Å². The van der Waals surface area contributed by atoms with Crippen LogP contribution in [0, 0.1) is 0 Å². The molecule has 2 fully saturated rings. The molecule has 4 N–H and O–H groups in total. The highest BCUT2D eigenvalue weighted by Gasteiger charge is 2.45. The number of benzene rings is 6. The van der Waals surface area contributed by atoms with E-state index in [1.807, 2.05) is 103 Å². The summed E-state index contributed by atoms with van der Waals surface area (Å²) >= 11 is 0. The van der Waals surface area contributed by atoms with E-state index in [1.54, 1.807) is 0 Å². The van der Waals surface area contributed by atoms with E-state index in [2.05, 4.69) is 160 Å². The van der Waals surface area contributed by atoms with Crippen molar-refractivity contribution < 1.29 is 9.59 Å². The number of anilines is 2. The van der Waals surface area contributed by atoms with Gasteiger partial charge in [0.1, 0.15) is 12.1 Å². The number of carbonyl (C=O) groups excluding carboxylic acids is 2. The molecule has 4 aliphatic rings. The molecule has 2 amide bonds. The first-order chi connectivity index (χ1) is 37.3. The maximum atomic E-state index is 14.7. The topological polar surface area (TPSA) is 122 Å². The van der Waals surface area contributed by atoms with Crippen LogP contribution in [0.5, 0.6) is 0 Å². The maximum Gasteiger partial charge on any atom is 0.243 e. The lowest BCUT2D eigenvalue weighted by Crippen LogP contribution is -2.25. The van der Waals surface area contributed by atoms with Crippen LogP contribution in [0.4, 0.5) is 11.4 Å². The van der Waals surface area contributed by atoms with Crippen molar-refractivity contribution in [2.45, 2.75) is 38.0 Å². The van der Waals surface area contributed by atoms with E-state index in [0.717, 1.165) is 83.7 Å². The Bertz CT molecular complexity index is 3800. The third kappa shape index (κ3) is 8.83. The summed E-state index contributed by atoms with van der Waals surface area (Å²) in [6.45, 7) is 5.52. The zero-order chi connectivity index (χ0) is 51.3. The lowest BCUT2D eigenvalue weighted by atomic mass is 9.98. The van der Waals surface area contributed by atoms with Crippen LogP contribution in [-0.4, -0.2) is 66.7 Å². The quantitative estimate of drug-likeness (QED) is 0.0905. The van der Waals surface area contributed by atoms with E-state index in [-0.39, 0.29) is 36.0 Å². The Hall–Kier alpha value is -9.22. The van der Waals surface area contributed by atoms with Crippen LogP contribution >= 0.6 is 0 Å². The van der Waals surface area contributed by atoms with Crippen molar-refractivity contribution in [2.24, 2.45) is 0 Å². The van der Waals surface area contributed by atoms with Crippen molar-refractivity contribution in [1.82, 2.24) is 29.7 Å². The zero-order valence-electron chi connectivity index (χ0n) is 42.1. The van der Waals surface area contributed by atoms with Crippen molar-refractivity contribution in [1.29, 1.82) is 0 Å². The Kier molecular flexibility index (Phi) is 12.0. The van der Waals surface area contributed by atoms with Gasteiger partial charge in [0.2, 0.25) is 11.8 Å². The van der Waals surface area contributed by atoms with Gasteiger partial charge in [-0.05, 0) is 102 Å². The molecule has 0 aliphatic carbocycles. The molecule has 76 heavy (non-hydrogen) atoms. The minimum Gasteiger partial charge on any atom is -0.354 e. The van der Waals surface area contributed by atoms with Crippen LogP contribution in [-0.2, 0) is 9.59 Å². The molecule has 0 radical (unpaired) electrons. The number of hydrogen-bond donors (Lipinski definition) is 4. The first kappa shape index (κ1) is 46.6. The second-order valence-electron chi connectivity index (χ2n) is 19.9. The van der Waals surface area contributed by atoms with Gasteiger partial charge < -0.3 is 20.6 Å². The van der Waals surface area contributed by atoms with E-state index in [0.29, 0.717) is 41.3 Å². The third-order valence-corrected chi connectivity index (χ3v) is 15.2. The molecular weight excluding hydrogens is 937 g/mol. The van der Waals surface area contributed by atoms with Gasteiger partial charge in [-0.2, -0.15) is 0 Å². The monoisotopic (exact) mass is 990 g/mol. The fourth-order valence-electron chi connectivity index (χ4n) is 11.1. The molecular formula is C66H54N8O2. The Morgan fingerprint density at radius 2 is 0.724 bits per heavy atom. The van der Waals surface area contributed by atoms with Gasteiger partial charge in [0.05, 0.1) is 34.2 Å². The molecule has 9 aromatic rings. The number of nitrogens with zero attached hydrogens (tertiary/aromatic N) is 4. The van der Waals surface area contributed by atoms with Gasteiger partial charge in [0, 0.05) is 75.1 Å². The largest absolute Gasteiger partial charge is 0.354 e. The summed E-state index contributed by atoms with van der Waals surface area (Å²) in [6, 6.07) is 65.2. The zero-order valence-corrected chi connectivity index (χ0v) is 42.1. The van der Waals surface area contributed by atoms with Gasteiger partial charge in [-0.15, -0.1) is 0 Å². The molecule has 8 bridgehead atoms. The molecule has 370 valence electrons. The van der Waals surface area contributed by atoms with Crippen LogP contribution in [0.2, 0.25) is 0 Å². The minimum absolute atomic E-state index is 0.0465. The van der Waals surface area contributed by atoms with Gasteiger partial charge in [0.15, 0.2) is 0 Å². The van der Waals surface area contributed by atoms with E-state index in [1.165, 1.54) is 0 Å². The van der Waals surface area contributed by atoms with Crippen molar-refractivity contribution in [2.75, 3.05) is 23.7 Å². The fourth-order valence-corrected chi connectivity index (χ4v) is 11.1. The highest BCUT2D eigenvalue weighted by Crippen LogP contribution is 2.44. The van der Waals surface area contributed by atoms with E-state index in [4.69, 9.17) is 9.97 Å². The van der Waals surface area contributed by atoms with Crippen LogP contribution < -0.4 is 10.6 Å². The SMILES string of the molecule is C[C@H](c1ccccc1)N1C[C@H]1C(=O)Nc1cccc(NC(=O)[C@H]2CN2[C@@H](C)c2ccccc2)c1-c1c2nc(c(-c3ccccc3)c3ccc([nH]3)c(-c3ccccc3)c3nc(c(-c4ccccc4)c4ccc1[nH]4)C=C3)C=C2. The summed E-state index contributed by atoms with van der Waals surface area (Å²) in [7, 11) is 0. The molecule has 10 nitrogen and oxygen atoms in total. The maximum absolute atomic E-state index is 14.7. The smallest absolute Gasteiger partial charge is 0.243 e. The second-order valence-corrected chi connectivity index (χ2v) is 19.9. The van der Waals surface area contributed by atoms with E-state index in [9.17, 15) is 9.59 Å². The summed E-state index contributed by atoms with van der Waals surface area (Å²) in [4.78, 5) is 52.5. The summed E-state index contributed by atoms with van der Waals surface area (Å²) in [5.74, 6) is -0.247. The summed E-state index contributed by atoms with van der Waals surface area (Å²) in [5, 5.41) is 6.78. The third-order valence-electron chi connectivity index (χ3n) is 15.2. The molecule has 7 heterocycles. The molecule has 10 heteroatoms. The lowest BCUT2D eigenvalue weighted by molar-refractivity contribution is -0.117. The van der Waals surface area contributed by atoms with Gasteiger partial charge >= 0.3 is 0 Å². The first-order valence-corrected chi connectivity index (χ1v) is 26.0. The fraction of sp³-hybridized carbons (Fsp3) is 0.121. The summed E-state index contributed by atoms with van der Waals surface area (Å²) in [6.07, 6.45) is 8.30. The van der Waals surface area contributed by atoms with Crippen LogP contribution in [0.15, 0.2) is 194 Å². The lowest BCUT2D eigenvalue weighted by Gasteiger charge is -2.19. The Labute approximate surface area is 441 Å². The predicted octanol–water partition coefficient (Wildman–Crippen LogP) is 14.1. The number of hydrogen-bond acceptors (Lipinski definition) is 6. The molecule has 2 saturated heterocycles. The number of rotatable bonds is 12. The van der Waals surface area contributed by atoms with Crippen molar-refractivity contribution in [3.8, 4) is 44.5 Å². The minimum atomic E-state index is -0.345. The number of amides is 2. The molecule has 13 rings (SSSR count). The molecule has 0 spiro atoms. The van der Waals surface area contributed by atoms with Gasteiger partial charge in [-0.1, -0.05) is 158 Å². The summed E-state index contributed by atoms with van der Waals surface area (Å²) < 4.78 is 0. The van der Waals surface area contributed by atoms with Crippen molar-refractivity contribution in [3.05, 3.63) is 228 Å². The van der Waals surface area contributed by atoms with Crippen molar-refractivity contribution >= 4 is 69.6 Å². The molecule has 3 aromatic heterocycles. The number of aromatic amines is 2. The highest BCUT2D eigenvalue weighted by molar-refractivity contribution is 6.10. The van der Waals surface area contributed by atoms with Gasteiger partial charge in [-0.3, -0.25) is 19.4 Å². The number of aromatic nitrogens is 4. The van der Waals surface area contributed by atoms with Crippen LogP contribution in [0.25, 0.3) is 90.9 Å². The number of nitrogens with one attached hydrogen (secondary N) is 4. The Morgan fingerprint density at radius 1 is 0.408 bits per heavy atom. The summed E-state index contributed by atoms with van der Waals surface area (Å²) in [5.41, 5.74) is 17.0. The average molecular weight is 991 g/mol. The highest BCUT2D eigenvalue weighted by atomic mass is 16.2. The van der Waals surface area contributed by atoms with E-state index < -0.39 is 0 Å². The van der Waals surface area contributed by atoms with Crippen molar-refractivity contribution in [3.63, 3.8) is 0 Å². The molecule has 2 unspecified atom stereocenters. The Balaban J connectivity index is 1.05. The molecule has 6 aromatic carbocycles. The standard InChI is InChI=1S/C66H54N8O2/c1-41(43-19-8-3-9-20-43)73-39-58(73)65(75)71-48-29-18-30-49(72-66(76)59-40-74(59)42(2)44-21-10-4-11-22-44)63(48)64-56-37-35-54(69-56)61(46-25-14-6-15-26-46)52-33-31-50(67-52)60(45-23-12-5-13-24-45)51-32-34-53(68-51)62(47-27-16-7-17-28-47)55-36-38-57(64)70-55/h3-38,41-42,58-59,67,70H,39-40H2,1-2H3,(H,71,75)(H,72,76)/t41-,42+,58+,59-,73?,74?. The molecule has 4 aliphatic heterocycles. The molecule has 6 atom stereocenters. The molecule has 0 saturated carbocycles. The predicted molar refractivity (Wildman–Crippen MR) is 309 cm³/mol. The van der Waals surface area contributed by atoms with Crippen LogP contribution in [0.1, 0.15) is 59.8 Å². The average Bonchev–Trinajstić information content (AvgIpc) is 4.11.